The van der Waals surface area contributed by atoms with E-state index in [2.05, 4.69) is 6.58 Å². The van der Waals surface area contributed by atoms with Gasteiger partial charge in [0.25, 0.3) is 0 Å². The highest BCUT2D eigenvalue weighted by Gasteiger charge is 2.01. The summed E-state index contributed by atoms with van der Waals surface area (Å²) >= 11 is 0. The molecular weight excluding hydrogens is 244 g/mol. The van der Waals surface area contributed by atoms with Crippen molar-refractivity contribution in [2.75, 3.05) is 6.61 Å². The summed E-state index contributed by atoms with van der Waals surface area (Å²) in [6.07, 6.45) is 10.6. The normalized spacial score (nSPS) is 10.1. The van der Waals surface area contributed by atoms with E-state index < -0.39 is 5.97 Å². The first kappa shape index (κ1) is 17.7. The molecule has 0 aliphatic rings. The van der Waals surface area contributed by atoms with E-state index in [4.69, 9.17) is 9.84 Å². The quantitative estimate of drug-likeness (QED) is 0.315. The maximum absolute atomic E-state index is 11.1. The molecule has 0 aromatic carbocycles. The fourth-order valence-corrected chi connectivity index (χ4v) is 1.83. The van der Waals surface area contributed by atoms with Crippen LogP contribution in [0.3, 0.4) is 0 Å². The van der Waals surface area contributed by atoms with E-state index in [0.29, 0.717) is 13.0 Å². The van der Waals surface area contributed by atoms with Crippen molar-refractivity contribution < 1.29 is 19.4 Å². The summed E-state index contributed by atoms with van der Waals surface area (Å²) in [5, 5.41) is 8.47. The number of hydrogen-bond donors (Lipinski definition) is 1. The minimum absolute atomic E-state index is 0.145. The summed E-state index contributed by atoms with van der Waals surface area (Å²) < 4.78 is 4.88. The lowest BCUT2D eigenvalue weighted by atomic mass is 10.1. The lowest BCUT2D eigenvalue weighted by Crippen LogP contribution is -2.03. The second-order valence-electron chi connectivity index (χ2n) is 4.69. The van der Waals surface area contributed by atoms with Crippen LogP contribution in [-0.4, -0.2) is 23.7 Å². The molecule has 0 saturated heterocycles. The number of unbranched alkanes of at least 4 members (excludes halogenated alkanes) is 7. The molecule has 110 valence electrons. The summed E-state index contributed by atoms with van der Waals surface area (Å²) in [5.74, 6) is -0.850. The zero-order chi connectivity index (χ0) is 14.3. The fraction of sp³-hybridized carbons (Fsp3) is 0.733. The number of carboxylic acids is 1. The number of carboxylic acid groups (broad SMARTS) is 1. The number of carbonyl (C=O) groups excluding carboxylic acids is 1. The molecule has 0 aromatic rings. The molecule has 0 aliphatic heterocycles. The van der Waals surface area contributed by atoms with E-state index in [1.807, 2.05) is 0 Å². The van der Waals surface area contributed by atoms with Crippen LogP contribution in [0.15, 0.2) is 12.7 Å². The number of rotatable bonds is 13. The molecule has 0 fully saturated rings. The highest BCUT2D eigenvalue weighted by molar-refractivity contribution is 5.69. The first-order valence-electron chi connectivity index (χ1n) is 7.15. The molecule has 4 nitrogen and oxygen atoms in total. The molecular formula is C15H26O4. The fourth-order valence-electron chi connectivity index (χ4n) is 1.83. The Bertz CT molecular complexity index is 261. The van der Waals surface area contributed by atoms with Gasteiger partial charge in [0.1, 0.15) is 6.61 Å². The Morgan fingerprint density at radius 2 is 1.37 bits per heavy atom. The first-order chi connectivity index (χ1) is 9.16. The number of aliphatic carboxylic acids is 1. The second kappa shape index (κ2) is 13.1. The Hall–Kier alpha value is -1.32. The number of ether oxygens (including phenoxy) is 1. The largest absolute Gasteiger partial charge is 0.481 e. The lowest BCUT2D eigenvalue weighted by molar-refractivity contribution is -0.142. The number of hydrogen-bond acceptors (Lipinski definition) is 3. The van der Waals surface area contributed by atoms with Gasteiger partial charge in [0.2, 0.25) is 0 Å². The Morgan fingerprint density at radius 1 is 0.895 bits per heavy atom. The average Bonchev–Trinajstić information content (AvgIpc) is 2.38. The van der Waals surface area contributed by atoms with Gasteiger partial charge in [-0.2, -0.15) is 0 Å². The zero-order valence-corrected chi connectivity index (χ0v) is 11.7. The van der Waals surface area contributed by atoms with Gasteiger partial charge in [0, 0.05) is 12.8 Å². The van der Waals surface area contributed by atoms with E-state index in [1.54, 1.807) is 6.08 Å². The third-order valence-electron chi connectivity index (χ3n) is 2.88. The number of esters is 1. The molecule has 0 spiro atoms. The van der Waals surface area contributed by atoms with Crippen molar-refractivity contribution >= 4 is 11.9 Å². The van der Waals surface area contributed by atoms with Gasteiger partial charge in [-0.1, -0.05) is 51.2 Å². The van der Waals surface area contributed by atoms with Crippen molar-refractivity contribution in [1.82, 2.24) is 0 Å². The van der Waals surface area contributed by atoms with Crippen molar-refractivity contribution in [2.45, 2.75) is 64.2 Å². The van der Waals surface area contributed by atoms with Crippen LogP contribution < -0.4 is 0 Å². The highest BCUT2D eigenvalue weighted by atomic mass is 16.5. The van der Waals surface area contributed by atoms with Crippen LogP contribution in [0.4, 0.5) is 0 Å². The van der Waals surface area contributed by atoms with Crippen molar-refractivity contribution in [3.8, 4) is 0 Å². The van der Waals surface area contributed by atoms with E-state index >= 15 is 0 Å². The topological polar surface area (TPSA) is 63.6 Å². The summed E-state index contributed by atoms with van der Waals surface area (Å²) in [6, 6.07) is 0. The molecule has 0 amide bonds. The van der Waals surface area contributed by atoms with Gasteiger partial charge in [-0.05, 0) is 12.8 Å². The van der Waals surface area contributed by atoms with Crippen molar-refractivity contribution in [2.24, 2.45) is 0 Å². The zero-order valence-electron chi connectivity index (χ0n) is 11.7. The molecule has 0 atom stereocenters. The standard InChI is InChI=1S/C15H26O4/c1-2-13-19-15(18)12-10-8-6-4-3-5-7-9-11-14(16)17/h2H,1,3-13H2,(H,16,17). The van der Waals surface area contributed by atoms with Crippen LogP contribution >= 0.6 is 0 Å². The Balaban J connectivity index is 3.12. The van der Waals surface area contributed by atoms with Crippen LogP contribution in [0.5, 0.6) is 0 Å². The van der Waals surface area contributed by atoms with E-state index in [9.17, 15) is 9.59 Å². The molecule has 0 aromatic heterocycles. The van der Waals surface area contributed by atoms with Crippen LogP contribution in [0.2, 0.25) is 0 Å². The molecule has 0 bridgehead atoms. The predicted octanol–water partition coefficient (Wildman–Crippen LogP) is 3.70. The van der Waals surface area contributed by atoms with Crippen LogP contribution in [0, 0.1) is 0 Å². The Labute approximate surface area is 115 Å². The molecule has 0 heterocycles. The minimum Gasteiger partial charge on any atom is -0.481 e. The van der Waals surface area contributed by atoms with Crippen LogP contribution in [-0.2, 0) is 14.3 Å². The summed E-state index contributed by atoms with van der Waals surface area (Å²) in [7, 11) is 0. The maximum Gasteiger partial charge on any atom is 0.306 e. The van der Waals surface area contributed by atoms with Gasteiger partial charge >= 0.3 is 11.9 Å². The monoisotopic (exact) mass is 270 g/mol. The van der Waals surface area contributed by atoms with Gasteiger partial charge in [-0.15, -0.1) is 0 Å². The molecule has 19 heavy (non-hydrogen) atoms. The second-order valence-corrected chi connectivity index (χ2v) is 4.69. The van der Waals surface area contributed by atoms with Crippen molar-refractivity contribution in [3.63, 3.8) is 0 Å². The van der Waals surface area contributed by atoms with Crippen molar-refractivity contribution in [3.05, 3.63) is 12.7 Å². The Kier molecular flexibility index (Phi) is 12.2. The molecule has 0 radical (unpaired) electrons. The third-order valence-corrected chi connectivity index (χ3v) is 2.88. The van der Waals surface area contributed by atoms with Crippen LogP contribution in [0.1, 0.15) is 64.2 Å². The molecule has 0 aliphatic carbocycles. The first-order valence-corrected chi connectivity index (χ1v) is 7.15. The number of carbonyl (C=O) groups is 2. The molecule has 0 unspecified atom stereocenters. The van der Waals surface area contributed by atoms with E-state index in [1.165, 1.54) is 0 Å². The predicted molar refractivity (Wildman–Crippen MR) is 75.0 cm³/mol. The highest BCUT2D eigenvalue weighted by Crippen LogP contribution is 2.10. The summed E-state index contributed by atoms with van der Waals surface area (Å²) in [6.45, 7) is 3.78. The Morgan fingerprint density at radius 3 is 1.84 bits per heavy atom. The van der Waals surface area contributed by atoms with Gasteiger partial charge < -0.3 is 9.84 Å². The molecule has 4 heteroatoms. The van der Waals surface area contributed by atoms with E-state index in [0.717, 1.165) is 51.4 Å². The molecule has 0 rings (SSSR count). The smallest absolute Gasteiger partial charge is 0.306 e. The maximum atomic E-state index is 11.1. The summed E-state index contributed by atoms with van der Waals surface area (Å²) in [4.78, 5) is 21.4. The van der Waals surface area contributed by atoms with Crippen molar-refractivity contribution in [1.29, 1.82) is 0 Å². The minimum atomic E-state index is -0.705. The molecule has 0 saturated carbocycles. The van der Waals surface area contributed by atoms with Gasteiger partial charge in [0.05, 0.1) is 0 Å². The summed E-state index contributed by atoms with van der Waals surface area (Å²) in [5.41, 5.74) is 0. The lowest BCUT2D eigenvalue weighted by Gasteiger charge is -2.02. The van der Waals surface area contributed by atoms with Gasteiger partial charge in [-0.3, -0.25) is 9.59 Å². The van der Waals surface area contributed by atoms with Gasteiger partial charge in [-0.25, -0.2) is 0 Å². The third kappa shape index (κ3) is 14.6. The average molecular weight is 270 g/mol. The SMILES string of the molecule is C=CCOC(=O)CCCCCCCCCCC(=O)O. The molecule has 1 N–H and O–H groups in total. The van der Waals surface area contributed by atoms with Crippen LogP contribution in [0.25, 0.3) is 0 Å². The van der Waals surface area contributed by atoms with E-state index in [-0.39, 0.29) is 12.4 Å². The van der Waals surface area contributed by atoms with Gasteiger partial charge in [0.15, 0.2) is 0 Å².